The van der Waals surface area contributed by atoms with Crippen LogP contribution in [-0.2, 0) is 6.42 Å². The van der Waals surface area contributed by atoms with Crippen molar-refractivity contribution in [2.24, 2.45) is 0 Å². The number of hydrogen-bond acceptors (Lipinski definition) is 2. The first-order chi connectivity index (χ1) is 9.76. The standard InChI is InChI=1S/C17H18FNO/c1-2-16(19-15-5-3-4-14(18)11-15)12-6-7-17-13(10-12)8-9-20-17/h3-7,10-11,16,19H,2,8-9H2,1H3. The molecule has 0 radical (unpaired) electrons. The van der Waals surface area contributed by atoms with Gasteiger partial charge >= 0.3 is 0 Å². The van der Waals surface area contributed by atoms with Gasteiger partial charge in [0.2, 0.25) is 0 Å². The van der Waals surface area contributed by atoms with Crippen LogP contribution in [0.15, 0.2) is 42.5 Å². The van der Waals surface area contributed by atoms with Crippen LogP contribution in [0.2, 0.25) is 0 Å². The highest BCUT2D eigenvalue weighted by atomic mass is 19.1. The Morgan fingerprint density at radius 3 is 2.95 bits per heavy atom. The molecule has 0 aliphatic carbocycles. The molecule has 1 aliphatic rings. The molecule has 0 saturated carbocycles. The normalized spacial score (nSPS) is 14.5. The molecule has 0 saturated heterocycles. The van der Waals surface area contributed by atoms with Gasteiger partial charge in [0.15, 0.2) is 0 Å². The van der Waals surface area contributed by atoms with Gasteiger partial charge in [-0.05, 0) is 47.9 Å². The minimum absolute atomic E-state index is 0.183. The molecule has 3 rings (SSSR count). The minimum Gasteiger partial charge on any atom is -0.493 e. The fourth-order valence-corrected chi connectivity index (χ4v) is 2.62. The molecular weight excluding hydrogens is 253 g/mol. The molecule has 2 nitrogen and oxygen atoms in total. The Bertz CT molecular complexity index is 612. The third-order valence-corrected chi connectivity index (χ3v) is 3.69. The van der Waals surface area contributed by atoms with Crippen molar-refractivity contribution in [3.8, 4) is 5.75 Å². The Morgan fingerprint density at radius 1 is 1.25 bits per heavy atom. The molecule has 1 heterocycles. The second kappa shape index (κ2) is 5.53. The number of nitrogens with one attached hydrogen (secondary N) is 1. The number of rotatable bonds is 4. The quantitative estimate of drug-likeness (QED) is 0.894. The van der Waals surface area contributed by atoms with E-state index in [9.17, 15) is 4.39 Å². The average Bonchev–Trinajstić information content (AvgIpc) is 2.92. The van der Waals surface area contributed by atoms with E-state index < -0.39 is 0 Å². The van der Waals surface area contributed by atoms with E-state index >= 15 is 0 Å². The molecule has 0 spiro atoms. The lowest BCUT2D eigenvalue weighted by atomic mass is 10.0. The lowest BCUT2D eigenvalue weighted by molar-refractivity contribution is 0.357. The summed E-state index contributed by atoms with van der Waals surface area (Å²) in [6.07, 6.45) is 1.91. The van der Waals surface area contributed by atoms with Crippen molar-refractivity contribution in [3.05, 3.63) is 59.4 Å². The van der Waals surface area contributed by atoms with Crippen LogP contribution in [0.5, 0.6) is 5.75 Å². The molecular formula is C17H18FNO. The first-order valence-corrected chi connectivity index (χ1v) is 7.04. The summed E-state index contributed by atoms with van der Waals surface area (Å²) in [5.74, 6) is 0.779. The van der Waals surface area contributed by atoms with Crippen LogP contribution in [0.4, 0.5) is 10.1 Å². The van der Waals surface area contributed by atoms with Crippen molar-refractivity contribution in [1.29, 1.82) is 0 Å². The number of anilines is 1. The molecule has 2 aromatic rings. The van der Waals surface area contributed by atoms with E-state index in [4.69, 9.17) is 4.74 Å². The second-order valence-electron chi connectivity index (χ2n) is 5.08. The second-order valence-corrected chi connectivity index (χ2v) is 5.08. The molecule has 0 bridgehead atoms. The van der Waals surface area contributed by atoms with Crippen LogP contribution in [0, 0.1) is 5.82 Å². The molecule has 0 aromatic heterocycles. The highest BCUT2D eigenvalue weighted by molar-refractivity contribution is 5.47. The maximum Gasteiger partial charge on any atom is 0.125 e. The van der Waals surface area contributed by atoms with Crippen LogP contribution >= 0.6 is 0 Å². The summed E-state index contributed by atoms with van der Waals surface area (Å²) in [6, 6.07) is 13.1. The smallest absolute Gasteiger partial charge is 0.125 e. The molecule has 1 N–H and O–H groups in total. The van der Waals surface area contributed by atoms with E-state index in [1.165, 1.54) is 23.3 Å². The van der Waals surface area contributed by atoms with Crippen molar-refractivity contribution in [1.82, 2.24) is 0 Å². The van der Waals surface area contributed by atoms with E-state index in [1.54, 1.807) is 6.07 Å². The SMILES string of the molecule is CCC(Nc1cccc(F)c1)c1ccc2c(c1)CCO2. The zero-order valence-electron chi connectivity index (χ0n) is 11.5. The highest BCUT2D eigenvalue weighted by Gasteiger charge is 2.16. The van der Waals surface area contributed by atoms with Crippen LogP contribution < -0.4 is 10.1 Å². The maximum absolute atomic E-state index is 13.2. The molecule has 1 aliphatic heterocycles. The molecule has 104 valence electrons. The molecule has 1 atom stereocenters. The third-order valence-electron chi connectivity index (χ3n) is 3.69. The molecule has 2 aromatic carbocycles. The van der Waals surface area contributed by atoms with Gasteiger partial charge in [0.25, 0.3) is 0 Å². The lowest BCUT2D eigenvalue weighted by Gasteiger charge is -2.19. The summed E-state index contributed by atoms with van der Waals surface area (Å²) >= 11 is 0. The van der Waals surface area contributed by atoms with Crippen molar-refractivity contribution in [2.75, 3.05) is 11.9 Å². The van der Waals surface area contributed by atoms with E-state index in [0.717, 1.165) is 30.9 Å². The Labute approximate surface area is 118 Å². The fourth-order valence-electron chi connectivity index (χ4n) is 2.62. The summed E-state index contributed by atoms with van der Waals surface area (Å²) < 4.78 is 18.8. The minimum atomic E-state index is -0.216. The Morgan fingerprint density at radius 2 is 2.15 bits per heavy atom. The van der Waals surface area contributed by atoms with Gasteiger partial charge < -0.3 is 10.1 Å². The van der Waals surface area contributed by atoms with Crippen molar-refractivity contribution in [2.45, 2.75) is 25.8 Å². The van der Waals surface area contributed by atoms with Gasteiger partial charge in [-0.25, -0.2) is 4.39 Å². The largest absolute Gasteiger partial charge is 0.493 e. The van der Waals surface area contributed by atoms with Crippen LogP contribution in [0.3, 0.4) is 0 Å². The van der Waals surface area contributed by atoms with Crippen LogP contribution in [0.25, 0.3) is 0 Å². The number of hydrogen-bond donors (Lipinski definition) is 1. The Hall–Kier alpha value is -2.03. The van der Waals surface area contributed by atoms with Gasteiger partial charge in [-0.3, -0.25) is 0 Å². The Kier molecular flexibility index (Phi) is 3.59. The Balaban J connectivity index is 1.83. The first-order valence-electron chi connectivity index (χ1n) is 7.04. The van der Waals surface area contributed by atoms with E-state index in [1.807, 2.05) is 12.1 Å². The summed E-state index contributed by atoms with van der Waals surface area (Å²) in [5, 5.41) is 3.40. The van der Waals surface area contributed by atoms with E-state index in [0.29, 0.717) is 0 Å². The van der Waals surface area contributed by atoms with Crippen molar-refractivity contribution < 1.29 is 9.13 Å². The average molecular weight is 271 g/mol. The number of fused-ring (bicyclic) bond motifs is 1. The monoisotopic (exact) mass is 271 g/mol. The predicted octanol–water partition coefficient (Wildman–Crippen LogP) is 4.32. The fraction of sp³-hybridized carbons (Fsp3) is 0.294. The van der Waals surface area contributed by atoms with Crippen LogP contribution in [-0.4, -0.2) is 6.61 Å². The lowest BCUT2D eigenvalue weighted by Crippen LogP contribution is -2.10. The van der Waals surface area contributed by atoms with Gasteiger partial charge in [0.05, 0.1) is 12.6 Å². The third kappa shape index (κ3) is 2.62. The van der Waals surface area contributed by atoms with Crippen LogP contribution in [0.1, 0.15) is 30.5 Å². The number of ether oxygens (including phenoxy) is 1. The molecule has 0 amide bonds. The van der Waals surface area contributed by atoms with Crippen molar-refractivity contribution in [3.63, 3.8) is 0 Å². The summed E-state index contributed by atoms with van der Waals surface area (Å²) in [4.78, 5) is 0. The summed E-state index contributed by atoms with van der Waals surface area (Å²) in [6.45, 7) is 2.90. The highest BCUT2D eigenvalue weighted by Crippen LogP contribution is 2.30. The van der Waals surface area contributed by atoms with Gasteiger partial charge in [0.1, 0.15) is 11.6 Å². The first kappa shape index (κ1) is 13.0. The molecule has 0 fully saturated rings. The van der Waals surface area contributed by atoms with E-state index in [2.05, 4.69) is 24.4 Å². The van der Waals surface area contributed by atoms with E-state index in [-0.39, 0.29) is 11.9 Å². The molecule has 20 heavy (non-hydrogen) atoms. The zero-order valence-corrected chi connectivity index (χ0v) is 11.5. The summed E-state index contributed by atoms with van der Waals surface area (Å²) in [5.41, 5.74) is 3.30. The molecule has 3 heteroatoms. The van der Waals surface area contributed by atoms with Gasteiger partial charge in [-0.1, -0.05) is 19.1 Å². The molecule has 1 unspecified atom stereocenters. The maximum atomic E-state index is 13.2. The van der Waals surface area contributed by atoms with Gasteiger partial charge in [-0.2, -0.15) is 0 Å². The zero-order chi connectivity index (χ0) is 13.9. The van der Waals surface area contributed by atoms with Crippen molar-refractivity contribution >= 4 is 5.69 Å². The number of benzene rings is 2. The summed E-state index contributed by atoms with van der Waals surface area (Å²) in [7, 11) is 0. The predicted molar refractivity (Wildman–Crippen MR) is 78.7 cm³/mol. The number of halogens is 1. The topological polar surface area (TPSA) is 21.3 Å². The van der Waals surface area contributed by atoms with Gasteiger partial charge in [-0.15, -0.1) is 0 Å². The van der Waals surface area contributed by atoms with Gasteiger partial charge in [0, 0.05) is 12.1 Å².